The van der Waals surface area contributed by atoms with E-state index in [1.165, 1.54) is 0 Å². The summed E-state index contributed by atoms with van der Waals surface area (Å²) in [6, 6.07) is 6.90. The van der Waals surface area contributed by atoms with Crippen LogP contribution in [0.4, 0.5) is 13.2 Å². The maximum Gasteiger partial charge on any atom is 0.446 e. The highest BCUT2D eigenvalue weighted by molar-refractivity contribution is 8.00. The van der Waals surface area contributed by atoms with Crippen LogP contribution in [0.1, 0.15) is 32.4 Å². The standard InChI is InChI=1S/C16H23F3N2S/c1-15(2,3)14(21-10-8-20-9-11-21)12-6-4-5-7-13(12)22-16(17,18)19/h4-7,14,20H,8-11H2,1-3H3/t14-/m0/s1. The van der Waals surface area contributed by atoms with Gasteiger partial charge in [0.25, 0.3) is 0 Å². The molecule has 6 heteroatoms. The van der Waals surface area contributed by atoms with Crippen LogP contribution < -0.4 is 5.32 Å². The van der Waals surface area contributed by atoms with E-state index in [0.717, 1.165) is 31.7 Å². The molecule has 0 saturated carbocycles. The van der Waals surface area contributed by atoms with Crippen molar-refractivity contribution in [2.24, 2.45) is 5.41 Å². The fraction of sp³-hybridized carbons (Fsp3) is 0.625. The summed E-state index contributed by atoms with van der Waals surface area (Å²) in [6.07, 6.45) is 0. The summed E-state index contributed by atoms with van der Waals surface area (Å²) in [5, 5.41) is 3.30. The predicted octanol–water partition coefficient (Wildman–Crippen LogP) is 4.29. The second-order valence-electron chi connectivity index (χ2n) is 6.64. The minimum Gasteiger partial charge on any atom is -0.314 e. The molecule has 0 unspecified atom stereocenters. The molecular formula is C16H23F3N2S. The van der Waals surface area contributed by atoms with Crippen LogP contribution in [0.3, 0.4) is 0 Å². The van der Waals surface area contributed by atoms with Crippen LogP contribution in [0.2, 0.25) is 0 Å². The Morgan fingerprint density at radius 3 is 2.23 bits per heavy atom. The highest BCUT2D eigenvalue weighted by Crippen LogP contribution is 2.45. The number of rotatable bonds is 3. The van der Waals surface area contributed by atoms with Crippen molar-refractivity contribution < 1.29 is 13.2 Å². The summed E-state index contributed by atoms with van der Waals surface area (Å²) in [6.45, 7) is 9.74. The lowest BCUT2D eigenvalue weighted by atomic mass is 9.81. The summed E-state index contributed by atoms with van der Waals surface area (Å²) >= 11 is -0.00649. The number of alkyl halides is 3. The molecule has 1 aliphatic rings. The molecular weight excluding hydrogens is 309 g/mol. The van der Waals surface area contributed by atoms with Crippen LogP contribution in [0.15, 0.2) is 29.2 Å². The number of halogens is 3. The third-order valence-corrected chi connectivity index (χ3v) is 4.60. The normalized spacial score (nSPS) is 19.2. The molecule has 2 nitrogen and oxygen atoms in total. The highest BCUT2D eigenvalue weighted by atomic mass is 32.2. The SMILES string of the molecule is CC(C)(C)[C@H](c1ccccc1SC(F)(F)F)N1CCNCC1. The highest BCUT2D eigenvalue weighted by Gasteiger charge is 2.37. The molecule has 0 aromatic heterocycles. The van der Waals surface area contributed by atoms with Gasteiger partial charge in [0.05, 0.1) is 0 Å². The Labute approximate surface area is 134 Å². The van der Waals surface area contributed by atoms with Crippen molar-refractivity contribution in [1.82, 2.24) is 10.2 Å². The summed E-state index contributed by atoms with van der Waals surface area (Å²) in [5.74, 6) is 0. The minimum atomic E-state index is -4.26. The summed E-state index contributed by atoms with van der Waals surface area (Å²) in [7, 11) is 0. The first-order valence-electron chi connectivity index (χ1n) is 7.48. The van der Waals surface area contributed by atoms with Gasteiger partial charge in [0.2, 0.25) is 0 Å². The molecule has 1 N–H and O–H groups in total. The first-order chi connectivity index (χ1) is 10.2. The van der Waals surface area contributed by atoms with E-state index in [1.807, 2.05) is 12.1 Å². The zero-order valence-electron chi connectivity index (χ0n) is 13.2. The van der Waals surface area contributed by atoms with Gasteiger partial charge in [0, 0.05) is 37.1 Å². The predicted molar refractivity (Wildman–Crippen MR) is 85.0 cm³/mol. The van der Waals surface area contributed by atoms with Crippen LogP contribution in [0.5, 0.6) is 0 Å². The molecule has 0 radical (unpaired) electrons. The van der Waals surface area contributed by atoms with Gasteiger partial charge in [-0.2, -0.15) is 13.2 Å². The molecule has 1 atom stereocenters. The summed E-state index contributed by atoms with van der Waals surface area (Å²) in [4.78, 5) is 2.61. The molecule has 1 fully saturated rings. The summed E-state index contributed by atoms with van der Waals surface area (Å²) < 4.78 is 38.6. The lowest BCUT2D eigenvalue weighted by Gasteiger charge is -2.43. The van der Waals surface area contributed by atoms with Crippen molar-refractivity contribution in [3.8, 4) is 0 Å². The smallest absolute Gasteiger partial charge is 0.314 e. The number of nitrogens with zero attached hydrogens (tertiary/aromatic N) is 1. The van der Waals surface area contributed by atoms with E-state index in [4.69, 9.17) is 0 Å². The van der Waals surface area contributed by atoms with E-state index >= 15 is 0 Å². The van der Waals surface area contributed by atoms with E-state index in [9.17, 15) is 13.2 Å². The van der Waals surface area contributed by atoms with E-state index in [-0.39, 0.29) is 23.2 Å². The zero-order valence-corrected chi connectivity index (χ0v) is 14.0. The molecule has 0 bridgehead atoms. The Morgan fingerprint density at radius 2 is 1.68 bits per heavy atom. The minimum absolute atomic E-state index is 0.00649. The van der Waals surface area contributed by atoms with Crippen LogP contribution in [-0.2, 0) is 0 Å². The van der Waals surface area contributed by atoms with Crippen molar-refractivity contribution in [1.29, 1.82) is 0 Å². The van der Waals surface area contributed by atoms with Gasteiger partial charge < -0.3 is 5.32 Å². The number of benzene rings is 1. The Morgan fingerprint density at radius 1 is 1.09 bits per heavy atom. The Kier molecular flexibility index (Phi) is 5.45. The molecule has 1 aromatic rings. The van der Waals surface area contributed by atoms with Gasteiger partial charge in [-0.3, -0.25) is 4.90 Å². The number of nitrogens with one attached hydrogen (secondary N) is 1. The molecule has 1 aliphatic heterocycles. The van der Waals surface area contributed by atoms with Crippen molar-refractivity contribution in [3.05, 3.63) is 29.8 Å². The van der Waals surface area contributed by atoms with E-state index < -0.39 is 5.51 Å². The van der Waals surface area contributed by atoms with Gasteiger partial charge >= 0.3 is 5.51 Å². The third kappa shape index (κ3) is 4.64. The lowest BCUT2D eigenvalue weighted by Crippen LogP contribution is -2.48. The van der Waals surface area contributed by atoms with Gasteiger partial charge in [-0.15, -0.1) is 0 Å². The van der Waals surface area contributed by atoms with Gasteiger partial charge in [-0.05, 0) is 28.8 Å². The lowest BCUT2D eigenvalue weighted by molar-refractivity contribution is -0.0329. The Bertz CT molecular complexity index is 491. The summed E-state index contributed by atoms with van der Waals surface area (Å²) in [5.41, 5.74) is -3.62. The van der Waals surface area contributed by atoms with Crippen molar-refractivity contribution >= 4 is 11.8 Å². The molecule has 22 heavy (non-hydrogen) atoms. The van der Waals surface area contributed by atoms with Gasteiger partial charge in [-0.25, -0.2) is 0 Å². The monoisotopic (exact) mass is 332 g/mol. The van der Waals surface area contributed by atoms with Crippen molar-refractivity contribution in [3.63, 3.8) is 0 Å². The van der Waals surface area contributed by atoms with Gasteiger partial charge in [0.15, 0.2) is 0 Å². The second kappa shape index (κ2) is 6.81. The molecule has 0 aliphatic carbocycles. The maximum atomic E-state index is 12.9. The van der Waals surface area contributed by atoms with E-state index in [0.29, 0.717) is 4.90 Å². The molecule has 0 amide bonds. The molecule has 1 heterocycles. The topological polar surface area (TPSA) is 15.3 Å². The quantitative estimate of drug-likeness (QED) is 0.831. The van der Waals surface area contributed by atoms with Crippen LogP contribution in [-0.4, -0.2) is 36.6 Å². The molecule has 1 saturated heterocycles. The first kappa shape index (κ1) is 17.6. The van der Waals surface area contributed by atoms with E-state index in [1.54, 1.807) is 12.1 Å². The molecule has 2 rings (SSSR count). The number of hydrogen-bond acceptors (Lipinski definition) is 3. The largest absolute Gasteiger partial charge is 0.446 e. The molecule has 124 valence electrons. The fourth-order valence-corrected chi connectivity index (χ4v) is 3.77. The van der Waals surface area contributed by atoms with Crippen LogP contribution in [0.25, 0.3) is 0 Å². The zero-order chi connectivity index (χ0) is 16.4. The van der Waals surface area contributed by atoms with Gasteiger partial charge in [-0.1, -0.05) is 39.0 Å². The van der Waals surface area contributed by atoms with Crippen LogP contribution in [0, 0.1) is 5.41 Å². The Balaban J connectivity index is 2.39. The number of hydrogen-bond donors (Lipinski definition) is 1. The van der Waals surface area contributed by atoms with Crippen LogP contribution >= 0.6 is 11.8 Å². The number of thioether (sulfide) groups is 1. The van der Waals surface area contributed by atoms with E-state index in [2.05, 4.69) is 31.0 Å². The first-order valence-corrected chi connectivity index (χ1v) is 8.29. The fourth-order valence-electron chi connectivity index (χ4n) is 3.08. The molecule has 1 aromatic carbocycles. The number of piperazine rings is 1. The van der Waals surface area contributed by atoms with Gasteiger partial charge in [0.1, 0.15) is 0 Å². The average Bonchev–Trinajstić information content (AvgIpc) is 2.39. The molecule has 0 spiro atoms. The van der Waals surface area contributed by atoms with Crippen molar-refractivity contribution in [2.75, 3.05) is 26.2 Å². The Hall–Kier alpha value is -0.720. The average molecular weight is 332 g/mol. The second-order valence-corrected chi connectivity index (χ2v) is 7.75. The third-order valence-electron chi connectivity index (χ3n) is 3.78. The maximum absolute atomic E-state index is 12.9. The van der Waals surface area contributed by atoms with Crippen molar-refractivity contribution in [2.45, 2.75) is 37.2 Å².